The number of thiazole rings is 1. The zero-order chi connectivity index (χ0) is 17.4. The van der Waals surface area contributed by atoms with Gasteiger partial charge < -0.3 is 11.1 Å². The van der Waals surface area contributed by atoms with E-state index in [9.17, 15) is 10.1 Å². The Morgan fingerprint density at radius 2 is 2.04 bits per heavy atom. The maximum atomic E-state index is 12.9. The Morgan fingerprint density at radius 3 is 2.76 bits per heavy atom. The Hall–Kier alpha value is -2.43. The van der Waals surface area contributed by atoms with Crippen molar-refractivity contribution >= 4 is 49.4 Å². The summed E-state index contributed by atoms with van der Waals surface area (Å²) >= 11 is 2.62. The molecule has 126 valence electrons. The van der Waals surface area contributed by atoms with Gasteiger partial charge in [-0.15, -0.1) is 22.7 Å². The first-order valence-corrected chi connectivity index (χ1v) is 9.80. The lowest BCUT2D eigenvalue weighted by atomic mass is 10.2. The minimum Gasteiger partial charge on any atom is -0.396 e. The Bertz CT molecular complexity index is 959. The van der Waals surface area contributed by atoms with Crippen LogP contribution in [0.1, 0.15) is 45.9 Å². The van der Waals surface area contributed by atoms with E-state index in [-0.39, 0.29) is 11.5 Å². The van der Waals surface area contributed by atoms with Crippen LogP contribution in [0.4, 0.5) is 10.7 Å². The van der Waals surface area contributed by atoms with Crippen molar-refractivity contribution in [2.45, 2.75) is 31.7 Å². The highest BCUT2D eigenvalue weighted by Gasteiger charge is 2.26. The smallest absolute Gasteiger partial charge is 0.233 e. The third-order valence-corrected chi connectivity index (χ3v) is 6.61. The molecule has 25 heavy (non-hydrogen) atoms. The van der Waals surface area contributed by atoms with Crippen molar-refractivity contribution in [2.75, 3.05) is 11.1 Å². The van der Waals surface area contributed by atoms with Gasteiger partial charge in [-0.2, -0.15) is 5.26 Å². The van der Waals surface area contributed by atoms with Crippen LogP contribution < -0.4 is 11.1 Å². The first kappa shape index (κ1) is 16.1. The van der Waals surface area contributed by atoms with Crippen molar-refractivity contribution < 1.29 is 4.79 Å². The van der Waals surface area contributed by atoms with Crippen molar-refractivity contribution in [3.63, 3.8) is 0 Å². The summed E-state index contributed by atoms with van der Waals surface area (Å²) in [6.07, 6.45) is 4.56. The molecule has 0 saturated heterocycles. The van der Waals surface area contributed by atoms with E-state index in [0.29, 0.717) is 26.5 Å². The highest BCUT2D eigenvalue weighted by Crippen LogP contribution is 2.39. The van der Waals surface area contributed by atoms with Gasteiger partial charge in [0.1, 0.15) is 21.5 Å². The van der Waals surface area contributed by atoms with Gasteiger partial charge in [-0.1, -0.05) is 25.0 Å². The predicted octanol–water partition coefficient (Wildman–Crippen LogP) is 4.40. The second kappa shape index (κ2) is 6.47. The number of ketones is 1. The molecule has 2 heterocycles. The second-order valence-corrected chi connectivity index (χ2v) is 8.15. The summed E-state index contributed by atoms with van der Waals surface area (Å²) in [5, 5.41) is 14.0. The molecule has 0 amide bonds. The Balaban J connectivity index is 1.70. The maximum absolute atomic E-state index is 12.9. The number of thiophene rings is 1. The number of carbonyl (C=O) groups is 1. The van der Waals surface area contributed by atoms with Crippen LogP contribution in [0.15, 0.2) is 24.3 Å². The summed E-state index contributed by atoms with van der Waals surface area (Å²) in [5.41, 5.74) is 7.56. The molecule has 1 aliphatic rings. The average molecular weight is 368 g/mol. The highest BCUT2D eigenvalue weighted by atomic mass is 32.1. The predicted molar refractivity (Wildman–Crippen MR) is 102 cm³/mol. The number of nitriles is 1. The van der Waals surface area contributed by atoms with E-state index in [2.05, 4.69) is 16.4 Å². The third kappa shape index (κ3) is 2.88. The second-order valence-electron chi connectivity index (χ2n) is 6.10. The number of carbonyl (C=O) groups excluding carboxylic acids is 1. The number of nitrogens with two attached hydrogens (primary N) is 1. The Kier molecular flexibility index (Phi) is 4.15. The molecule has 0 bridgehead atoms. The molecule has 0 spiro atoms. The van der Waals surface area contributed by atoms with E-state index in [1.807, 2.05) is 24.3 Å². The van der Waals surface area contributed by atoms with Crippen molar-refractivity contribution in [1.82, 2.24) is 4.98 Å². The molecule has 0 atom stereocenters. The van der Waals surface area contributed by atoms with Crippen LogP contribution in [0.2, 0.25) is 0 Å². The number of anilines is 2. The number of nitrogens with one attached hydrogen (secondary N) is 1. The van der Waals surface area contributed by atoms with Crippen molar-refractivity contribution in [3.05, 3.63) is 39.7 Å². The van der Waals surface area contributed by atoms with Gasteiger partial charge in [0, 0.05) is 6.04 Å². The van der Waals surface area contributed by atoms with E-state index >= 15 is 0 Å². The molecular formula is C18H16N4OS2. The lowest BCUT2D eigenvalue weighted by molar-refractivity contribution is 0.104. The molecule has 1 saturated carbocycles. The number of fused-ring (bicyclic) bond motifs is 1. The molecular weight excluding hydrogens is 352 g/mol. The van der Waals surface area contributed by atoms with Crippen LogP contribution in [0.25, 0.3) is 10.2 Å². The van der Waals surface area contributed by atoms with Gasteiger partial charge in [-0.3, -0.25) is 4.79 Å². The van der Waals surface area contributed by atoms with Gasteiger partial charge in [0.2, 0.25) is 5.78 Å². The molecule has 0 radical (unpaired) electrons. The molecule has 0 unspecified atom stereocenters. The summed E-state index contributed by atoms with van der Waals surface area (Å²) in [6, 6.07) is 10.1. The van der Waals surface area contributed by atoms with Gasteiger partial charge in [-0.25, -0.2) is 4.98 Å². The number of hydrogen-bond donors (Lipinski definition) is 2. The number of nitrogen functional groups attached to an aromatic ring is 1. The fraction of sp³-hybridized carbons (Fsp3) is 0.278. The van der Waals surface area contributed by atoms with Crippen molar-refractivity contribution in [3.8, 4) is 6.07 Å². The minimum absolute atomic E-state index is 0.209. The average Bonchev–Trinajstić information content (AvgIpc) is 3.33. The normalized spacial score (nSPS) is 14.7. The summed E-state index contributed by atoms with van der Waals surface area (Å²) < 4.78 is 0.964. The molecule has 0 aliphatic heterocycles. The zero-order valence-electron chi connectivity index (χ0n) is 13.4. The zero-order valence-corrected chi connectivity index (χ0v) is 15.0. The molecule has 3 N–H and O–H groups in total. The Labute approximate surface area is 153 Å². The van der Waals surface area contributed by atoms with Crippen LogP contribution in [0, 0.1) is 11.3 Å². The molecule has 4 rings (SSSR count). The monoisotopic (exact) mass is 368 g/mol. The number of para-hydroxylation sites is 1. The molecule has 1 fully saturated rings. The van der Waals surface area contributed by atoms with Gasteiger partial charge >= 0.3 is 0 Å². The number of aromatic nitrogens is 1. The third-order valence-electron chi connectivity index (χ3n) is 4.44. The first-order chi connectivity index (χ1) is 12.2. The SMILES string of the molecule is N#Cc1c(NC2CCCC2)sc(C(=O)c2nc3ccccc3s2)c1N. The van der Waals surface area contributed by atoms with E-state index in [4.69, 9.17) is 5.73 Å². The standard InChI is InChI=1S/C18H16N4OS2/c19-9-11-14(20)16(25-17(11)21-10-5-1-2-6-10)15(23)18-22-12-7-3-4-8-13(12)24-18/h3-4,7-8,10,21H,1-2,5-6,20H2. The lowest BCUT2D eigenvalue weighted by Gasteiger charge is -2.11. The number of nitrogens with zero attached hydrogens (tertiary/aromatic N) is 2. The maximum Gasteiger partial charge on any atom is 0.233 e. The summed E-state index contributed by atoms with van der Waals surface area (Å²) in [7, 11) is 0. The Morgan fingerprint density at radius 1 is 1.28 bits per heavy atom. The quantitative estimate of drug-likeness (QED) is 0.666. The molecule has 5 nitrogen and oxygen atoms in total. The van der Waals surface area contributed by atoms with Crippen LogP contribution in [-0.4, -0.2) is 16.8 Å². The topological polar surface area (TPSA) is 91.8 Å². The summed E-state index contributed by atoms with van der Waals surface area (Å²) in [5.74, 6) is -0.209. The van der Waals surface area contributed by atoms with E-state index in [1.165, 1.54) is 35.5 Å². The molecule has 7 heteroatoms. The van der Waals surface area contributed by atoms with Crippen molar-refractivity contribution in [1.29, 1.82) is 5.26 Å². The van der Waals surface area contributed by atoms with Crippen LogP contribution in [-0.2, 0) is 0 Å². The largest absolute Gasteiger partial charge is 0.396 e. The van der Waals surface area contributed by atoms with E-state index in [0.717, 1.165) is 23.1 Å². The number of hydrogen-bond acceptors (Lipinski definition) is 7. The molecule has 2 aromatic heterocycles. The molecule has 3 aromatic rings. The molecule has 1 aromatic carbocycles. The van der Waals surface area contributed by atoms with Crippen LogP contribution in [0.3, 0.4) is 0 Å². The van der Waals surface area contributed by atoms with E-state index in [1.54, 1.807) is 0 Å². The summed E-state index contributed by atoms with van der Waals surface area (Å²) in [6.45, 7) is 0. The first-order valence-electron chi connectivity index (χ1n) is 8.16. The van der Waals surface area contributed by atoms with Crippen LogP contribution >= 0.6 is 22.7 Å². The van der Waals surface area contributed by atoms with E-state index < -0.39 is 0 Å². The van der Waals surface area contributed by atoms with Gasteiger partial charge in [0.05, 0.1) is 15.9 Å². The number of rotatable bonds is 4. The molecule has 1 aliphatic carbocycles. The minimum atomic E-state index is -0.209. The fourth-order valence-corrected chi connectivity index (χ4v) is 5.21. The number of benzene rings is 1. The van der Waals surface area contributed by atoms with Gasteiger partial charge in [0.25, 0.3) is 0 Å². The summed E-state index contributed by atoms with van der Waals surface area (Å²) in [4.78, 5) is 17.7. The van der Waals surface area contributed by atoms with Gasteiger partial charge in [0.15, 0.2) is 5.01 Å². The van der Waals surface area contributed by atoms with Crippen LogP contribution in [0.5, 0.6) is 0 Å². The van der Waals surface area contributed by atoms with Crippen molar-refractivity contribution in [2.24, 2.45) is 0 Å². The van der Waals surface area contributed by atoms with Gasteiger partial charge in [-0.05, 0) is 25.0 Å². The fourth-order valence-electron chi connectivity index (χ4n) is 3.15. The highest BCUT2D eigenvalue weighted by molar-refractivity contribution is 7.23. The lowest BCUT2D eigenvalue weighted by Crippen LogP contribution is -2.14.